The number of ether oxygens (including phenoxy) is 1. The van der Waals surface area contributed by atoms with E-state index < -0.39 is 0 Å². The predicted molar refractivity (Wildman–Crippen MR) is 119 cm³/mol. The molecule has 1 aliphatic carbocycles. The van der Waals surface area contributed by atoms with E-state index in [4.69, 9.17) is 16.3 Å². The van der Waals surface area contributed by atoms with Crippen molar-refractivity contribution < 1.29 is 14.4 Å². The van der Waals surface area contributed by atoms with Crippen LogP contribution in [0.2, 0.25) is 5.02 Å². The highest BCUT2D eigenvalue weighted by molar-refractivity contribution is 6.31. The van der Waals surface area contributed by atoms with E-state index in [2.05, 4.69) is 29.8 Å². The lowest BCUT2D eigenvalue weighted by atomic mass is 9.94. The Labute approximate surface area is 178 Å². The first kappa shape index (κ1) is 21.5. The third-order valence-electron chi connectivity index (χ3n) is 5.66. The van der Waals surface area contributed by atoms with E-state index in [1.807, 2.05) is 12.1 Å². The summed E-state index contributed by atoms with van der Waals surface area (Å²) in [5, 5.41) is 6.71. The number of methoxy groups -OCH3 is 1. The number of anilines is 2. The van der Waals surface area contributed by atoms with Gasteiger partial charge in [0.1, 0.15) is 12.3 Å². The van der Waals surface area contributed by atoms with Crippen LogP contribution in [0.3, 0.4) is 0 Å². The molecule has 0 saturated heterocycles. The number of carbonyl (C=O) groups is 1. The van der Waals surface area contributed by atoms with Crippen LogP contribution in [0.1, 0.15) is 37.7 Å². The normalized spacial score (nSPS) is 15.6. The minimum Gasteiger partial charge on any atom is -0.495 e. The highest BCUT2D eigenvalue weighted by Crippen LogP contribution is 2.27. The molecule has 2 aromatic carbocycles. The Morgan fingerprint density at radius 2 is 1.90 bits per heavy atom. The number of halogens is 1. The number of benzene rings is 2. The summed E-state index contributed by atoms with van der Waals surface area (Å²) in [5.41, 5.74) is 2.82. The molecule has 0 spiro atoms. The van der Waals surface area contributed by atoms with Gasteiger partial charge in [0, 0.05) is 16.3 Å². The van der Waals surface area contributed by atoms with Gasteiger partial charge in [0.05, 0.1) is 32.4 Å². The van der Waals surface area contributed by atoms with Gasteiger partial charge in [-0.25, -0.2) is 0 Å². The molecular weight excluding hydrogens is 386 g/mol. The fourth-order valence-corrected chi connectivity index (χ4v) is 4.21. The fourth-order valence-electron chi connectivity index (χ4n) is 4.03. The molecule has 1 atom stereocenters. The molecule has 1 unspecified atom stereocenters. The zero-order valence-corrected chi connectivity index (χ0v) is 18.0. The minimum absolute atomic E-state index is 0.145. The molecule has 1 saturated carbocycles. The number of amides is 1. The molecule has 3 rings (SSSR count). The van der Waals surface area contributed by atoms with Crippen LogP contribution in [0.15, 0.2) is 42.5 Å². The molecular formula is C23H31ClN3O2+. The molecule has 0 aromatic heterocycles. The highest BCUT2D eigenvalue weighted by Gasteiger charge is 2.22. The lowest BCUT2D eigenvalue weighted by Gasteiger charge is -2.28. The Morgan fingerprint density at radius 1 is 1.14 bits per heavy atom. The van der Waals surface area contributed by atoms with Gasteiger partial charge < -0.3 is 20.3 Å². The van der Waals surface area contributed by atoms with Gasteiger partial charge in [-0.05, 0) is 49.9 Å². The summed E-state index contributed by atoms with van der Waals surface area (Å²) in [7, 11) is 3.85. The van der Waals surface area contributed by atoms with Crippen LogP contribution < -0.4 is 20.3 Å². The molecule has 29 heavy (non-hydrogen) atoms. The van der Waals surface area contributed by atoms with Crippen molar-refractivity contribution in [1.82, 2.24) is 0 Å². The summed E-state index contributed by atoms with van der Waals surface area (Å²) in [5.74, 6) is 0.439. The summed E-state index contributed by atoms with van der Waals surface area (Å²) in [4.78, 5) is 14.0. The van der Waals surface area contributed by atoms with Crippen molar-refractivity contribution in [1.29, 1.82) is 0 Å². The van der Waals surface area contributed by atoms with Crippen molar-refractivity contribution in [3.63, 3.8) is 0 Å². The fraction of sp³-hybridized carbons (Fsp3) is 0.435. The standard InChI is InChI=1S/C23H30ClN3O2/c1-27(19-9-4-3-5-10-19)16-17-8-6-7-11-20(17)25-15-23(28)26-21-14-18(24)12-13-22(21)29-2/h6-8,11-14,19,25H,3-5,9-10,15-16H2,1-2H3,(H,26,28)/p+1. The zero-order valence-electron chi connectivity index (χ0n) is 17.3. The number of para-hydroxylation sites is 1. The van der Waals surface area contributed by atoms with Crippen LogP contribution >= 0.6 is 11.6 Å². The van der Waals surface area contributed by atoms with Crippen molar-refractivity contribution in [3.05, 3.63) is 53.1 Å². The first-order valence-corrected chi connectivity index (χ1v) is 10.7. The zero-order chi connectivity index (χ0) is 20.6. The van der Waals surface area contributed by atoms with E-state index in [0.29, 0.717) is 16.5 Å². The molecule has 0 bridgehead atoms. The summed E-state index contributed by atoms with van der Waals surface area (Å²) in [6.45, 7) is 1.13. The topological polar surface area (TPSA) is 54.8 Å². The molecule has 2 aromatic rings. The van der Waals surface area contributed by atoms with Crippen LogP contribution in [0, 0.1) is 0 Å². The SMILES string of the molecule is COc1ccc(Cl)cc1NC(=O)CNc1ccccc1C[NH+](C)C1CCCCC1. The van der Waals surface area contributed by atoms with E-state index in [1.165, 1.54) is 37.7 Å². The second-order valence-corrected chi connectivity index (χ2v) is 8.20. The monoisotopic (exact) mass is 416 g/mol. The largest absolute Gasteiger partial charge is 0.495 e. The molecule has 0 radical (unpaired) electrons. The van der Waals surface area contributed by atoms with Crippen LogP contribution in [0.5, 0.6) is 5.75 Å². The van der Waals surface area contributed by atoms with Crippen molar-refractivity contribution in [2.45, 2.75) is 44.7 Å². The molecule has 3 N–H and O–H groups in total. The van der Waals surface area contributed by atoms with E-state index in [1.54, 1.807) is 30.2 Å². The van der Waals surface area contributed by atoms with Crippen LogP contribution in [0.25, 0.3) is 0 Å². The maximum absolute atomic E-state index is 12.5. The van der Waals surface area contributed by atoms with Gasteiger partial charge >= 0.3 is 0 Å². The van der Waals surface area contributed by atoms with Gasteiger partial charge in [-0.3, -0.25) is 4.79 Å². The third kappa shape index (κ3) is 6.12. The molecule has 0 heterocycles. The average molecular weight is 417 g/mol. The van der Waals surface area contributed by atoms with Gasteiger partial charge in [0.2, 0.25) is 5.91 Å². The van der Waals surface area contributed by atoms with E-state index in [-0.39, 0.29) is 12.5 Å². The quantitative estimate of drug-likeness (QED) is 0.614. The number of quaternary nitrogens is 1. The number of rotatable bonds is 8. The summed E-state index contributed by atoms with van der Waals surface area (Å²) >= 11 is 6.04. The lowest BCUT2D eigenvalue weighted by Crippen LogP contribution is -3.11. The minimum atomic E-state index is -0.145. The van der Waals surface area contributed by atoms with Crippen molar-refractivity contribution in [2.75, 3.05) is 31.3 Å². The molecule has 1 aliphatic rings. The first-order valence-electron chi connectivity index (χ1n) is 10.3. The van der Waals surface area contributed by atoms with Gasteiger partial charge in [-0.1, -0.05) is 36.2 Å². The Hall–Kier alpha value is -2.24. The van der Waals surface area contributed by atoms with Crippen molar-refractivity contribution >= 4 is 28.9 Å². The first-order chi connectivity index (χ1) is 14.1. The Kier molecular flexibility index (Phi) is 7.78. The Balaban J connectivity index is 1.59. The maximum atomic E-state index is 12.5. The Morgan fingerprint density at radius 3 is 2.66 bits per heavy atom. The number of hydrogen-bond acceptors (Lipinski definition) is 3. The summed E-state index contributed by atoms with van der Waals surface area (Å²) < 4.78 is 5.29. The van der Waals surface area contributed by atoms with Crippen molar-refractivity contribution in [3.8, 4) is 5.75 Å². The summed E-state index contributed by atoms with van der Waals surface area (Å²) in [6, 6.07) is 14.1. The second-order valence-electron chi connectivity index (χ2n) is 7.76. The van der Waals surface area contributed by atoms with Crippen molar-refractivity contribution in [2.24, 2.45) is 0 Å². The molecule has 6 heteroatoms. The Bertz CT molecular complexity index is 822. The third-order valence-corrected chi connectivity index (χ3v) is 5.90. The van der Waals surface area contributed by atoms with E-state index in [0.717, 1.165) is 18.3 Å². The number of hydrogen-bond donors (Lipinski definition) is 3. The highest BCUT2D eigenvalue weighted by atomic mass is 35.5. The van der Waals surface area contributed by atoms with Gasteiger partial charge in [0.15, 0.2) is 0 Å². The number of nitrogens with one attached hydrogen (secondary N) is 3. The molecule has 1 fully saturated rings. The summed E-state index contributed by atoms with van der Waals surface area (Å²) in [6.07, 6.45) is 6.68. The maximum Gasteiger partial charge on any atom is 0.243 e. The average Bonchev–Trinajstić information content (AvgIpc) is 2.74. The van der Waals surface area contributed by atoms with E-state index >= 15 is 0 Å². The molecule has 0 aliphatic heterocycles. The van der Waals surface area contributed by atoms with E-state index in [9.17, 15) is 4.79 Å². The molecule has 5 nitrogen and oxygen atoms in total. The lowest BCUT2D eigenvalue weighted by molar-refractivity contribution is -0.921. The number of carbonyl (C=O) groups excluding carboxylic acids is 1. The molecule has 1 amide bonds. The smallest absolute Gasteiger partial charge is 0.243 e. The van der Waals surface area contributed by atoms with Crippen LogP contribution in [0.4, 0.5) is 11.4 Å². The van der Waals surface area contributed by atoms with Gasteiger partial charge in [-0.15, -0.1) is 0 Å². The van der Waals surface area contributed by atoms with Gasteiger partial charge in [0.25, 0.3) is 0 Å². The predicted octanol–water partition coefficient (Wildman–Crippen LogP) is 3.75. The molecule has 156 valence electrons. The van der Waals surface area contributed by atoms with Crippen LogP contribution in [-0.4, -0.2) is 32.7 Å². The second kappa shape index (κ2) is 10.5. The van der Waals surface area contributed by atoms with Gasteiger partial charge in [-0.2, -0.15) is 0 Å². The van der Waals surface area contributed by atoms with Crippen LogP contribution in [-0.2, 0) is 11.3 Å².